The second-order valence-electron chi connectivity index (χ2n) is 5.60. The van der Waals surface area contributed by atoms with E-state index in [2.05, 4.69) is 16.2 Å². The van der Waals surface area contributed by atoms with E-state index in [1.165, 1.54) is 6.42 Å². The molecule has 0 spiro atoms. The number of ether oxygens (including phenoxy) is 1. The fourth-order valence-corrected chi connectivity index (χ4v) is 3.37. The first kappa shape index (κ1) is 10.7. The maximum absolute atomic E-state index is 5.84. The number of fused-ring (bicyclic) bond motifs is 2. The Balaban J connectivity index is 1.54. The molecule has 2 saturated heterocycles. The van der Waals surface area contributed by atoms with Gasteiger partial charge in [-0.15, -0.1) is 0 Å². The number of nitrogens with zero attached hydrogens (tertiary/aromatic N) is 2. The second-order valence-corrected chi connectivity index (χ2v) is 5.60. The number of aromatic nitrogens is 2. The van der Waals surface area contributed by atoms with Crippen molar-refractivity contribution < 1.29 is 9.26 Å². The van der Waals surface area contributed by atoms with Crippen LogP contribution >= 0.6 is 0 Å². The molecule has 18 heavy (non-hydrogen) atoms. The van der Waals surface area contributed by atoms with E-state index in [0.29, 0.717) is 24.0 Å². The van der Waals surface area contributed by atoms with Gasteiger partial charge in [0.1, 0.15) is 0 Å². The molecule has 5 heteroatoms. The number of nitrogens with two attached hydrogens (primary N) is 1. The summed E-state index contributed by atoms with van der Waals surface area (Å²) < 4.78 is 11.2. The molecule has 1 aromatic heterocycles. The highest BCUT2D eigenvalue weighted by atomic mass is 16.5. The first-order valence-corrected chi connectivity index (χ1v) is 6.72. The number of rotatable bonds is 2. The van der Waals surface area contributed by atoms with Crippen molar-refractivity contribution in [2.24, 2.45) is 5.73 Å². The first-order valence-electron chi connectivity index (χ1n) is 6.72. The van der Waals surface area contributed by atoms with E-state index in [9.17, 15) is 0 Å². The predicted molar refractivity (Wildman–Crippen MR) is 64.0 cm³/mol. The Hall–Kier alpha value is -1.20. The summed E-state index contributed by atoms with van der Waals surface area (Å²) in [5, 5.41) is 4.15. The molecule has 5 nitrogen and oxygen atoms in total. The van der Waals surface area contributed by atoms with Crippen LogP contribution in [0.2, 0.25) is 0 Å². The minimum atomic E-state index is 0.121. The highest BCUT2D eigenvalue weighted by molar-refractivity contribution is 5.16. The van der Waals surface area contributed by atoms with Crippen LogP contribution in [0.3, 0.4) is 0 Å². The molecule has 2 aliphatic heterocycles. The quantitative estimate of drug-likeness (QED) is 0.801. The molecule has 0 radical (unpaired) electrons. The van der Waals surface area contributed by atoms with E-state index in [-0.39, 0.29) is 12.0 Å². The molecule has 1 aromatic rings. The molecule has 0 saturated carbocycles. The molecule has 5 unspecified atom stereocenters. The Labute approximate surface area is 105 Å². The zero-order valence-corrected chi connectivity index (χ0v) is 10.2. The van der Waals surface area contributed by atoms with Gasteiger partial charge in [0.15, 0.2) is 5.82 Å². The first-order chi connectivity index (χ1) is 8.79. The lowest BCUT2D eigenvalue weighted by Crippen LogP contribution is -2.16. The van der Waals surface area contributed by atoms with Crippen molar-refractivity contribution in [1.82, 2.24) is 10.1 Å². The van der Waals surface area contributed by atoms with Crippen LogP contribution in [0.15, 0.2) is 16.7 Å². The zero-order valence-electron chi connectivity index (χ0n) is 10.2. The van der Waals surface area contributed by atoms with Crippen LogP contribution in [0.4, 0.5) is 0 Å². The fraction of sp³-hybridized carbons (Fsp3) is 0.692. The minimum absolute atomic E-state index is 0.121. The average Bonchev–Trinajstić information content (AvgIpc) is 3.12. The van der Waals surface area contributed by atoms with Gasteiger partial charge in [-0.05, 0) is 25.7 Å². The van der Waals surface area contributed by atoms with E-state index >= 15 is 0 Å². The fourth-order valence-electron chi connectivity index (χ4n) is 3.37. The third-order valence-electron chi connectivity index (χ3n) is 4.33. The molecular weight excluding hydrogens is 230 g/mol. The van der Waals surface area contributed by atoms with E-state index in [1.807, 2.05) is 6.08 Å². The molecule has 5 atom stereocenters. The van der Waals surface area contributed by atoms with Gasteiger partial charge in [0.05, 0.1) is 24.0 Å². The molecule has 2 fully saturated rings. The summed E-state index contributed by atoms with van der Waals surface area (Å²) >= 11 is 0. The summed E-state index contributed by atoms with van der Waals surface area (Å²) in [7, 11) is 0. The number of allylic oxidation sites excluding steroid dienone is 1. The van der Waals surface area contributed by atoms with Crippen molar-refractivity contribution >= 4 is 0 Å². The SMILES string of the molecule is NC1C=CC(c2nc(C3CC4CCC3O4)no2)C1. The maximum Gasteiger partial charge on any atom is 0.233 e. The molecule has 1 aliphatic carbocycles. The summed E-state index contributed by atoms with van der Waals surface area (Å²) in [5.74, 6) is 2.06. The van der Waals surface area contributed by atoms with Crippen LogP contribution in [0.1, 0.15) is 49.2 Å². The Morgan fingerprint density at radius 3 is 2.83 bits per heavy atom. The molecule has 0 aromatic carbocycles. The molecular formula is C13H17N3O2. The normalized spacial score (nSPS) is 41.9. The van der Waals surface area contributed by atoms with Gasteiger partial charge in [0, 0.05) is 6.04 Å². The van der Waals surface area contributed by atoms with Crippen LogP contribution in [0, 0.1) is 0 Å². The van der Waals surface area contributed by atoms with Gasteiger partial charge in [-0.3, -0.25) is 0 Å². The summed E-state index contributed by atoms with van der Waals surface area (Å²) in [6.07, 6.45) is 9.04. The molecule has 3 heterocycles. The zero-order chi connectivity index (χ0) is 12.1. The Kier molecular flexibility index (Phi) is 2.32. The van der Waals surface area contributed by atoms with Crippen molar-refractivity contribution in [3.63, 3.8) is 0 Å². The van der Waals surface area contributed by atoms with Gasteiger partial charge in [0.25, 0.3) is 0 Å². The minimum Gasteiger partial charge on any atom is -0.374 e. The van der Waals surface area contributed by atoms with Gasteiger partial charge in [-0.25, -0.2) is 0 Å². The largest absolute Gasteiger partial charge is 0.374 e. The van der Waals surface area contributed by atoms with Gasteiger partial charge in [-0.1, -0.05) is 17.3 Å². The third kappa shape index (κ3) is 1.61. The van der Waals surface area contributed by atoms with Gasteiger partial charge < -0.3 is 15.0 Å². The average molecular weight is 247 g/mol. The topological polar surface area (TPSA) is 74.2 Å². The lowest BCUT2D eigenvalue weighted by Gasteiger charge is -2.13. The predicted octanol–water partition coefficient (Wildman–Crippen LogP) is 1.48. The van der Waals surface area contributed by atoms with Crippen LogP contribution in [-0.2, 0) is 4.74 Å². The van der Waals surface area contributed by atoms with E-state index < -0.39 is 0 Å². The van der Waals surface area contributed by atoms with Crippen molar-refractivity contribution in [2.45, 2.75) is 55.8 Å². The van der Waals surface area contributed by atoms with Crippen LogP contribution in [0.5, 0.6) is 0 Å². The summed E-state index contributed by atoms with van der Waals surface area (Å²) in [6, 6.07) is 0.121. The van der Waals surface area contributed by atoms with E-state index in [4.69, 9.17) is 15.0 Å². The summed E-state index contributed by atoms with van der Waals surface area (Å²) in [5.41, 5.74) is 5.84. The molecule has 2 bridgehead atoms. The molecule has 4 rings (SSSR count). The van der Waals surface area contributed by atoms with E-state index in [1.54, 1.807) is 0 Å². The molecule has 0 amide bonds. The maximum atomic E-state index is 5.84. The van der Waals surface area contributed by atoms with Gasteiger partial charge in [-0.2, -0.15) is 4.98 Å². The summed E-state index contributed by atoms with van der Waals surface area (Å²) in [4.78, 5) is 4.56. The Bertz CT molecular complexity index is 484. The van der Waals surface area contributed by atoms with Crippen molar-refractivity contribution in [1.29, 1.82) is 0 Å². The highest BCUT2D eigenvalue weighted by Crippen LogP contribution is 2.43. The second kappa shape index (κ2) is 3.90. The van der Waals surface area contributed by atoms with Crippen LogP contribution in [0.25, 0.3) is 0 Å². The summed E-state index contributed by atoms with van der Waals surface area (Å²) in [6.45, 7) is 0. The lowest BCUT2D eigenvalue weighted by atomic mass is 9.89. The van der Waals surface area contributed by atoms with Crippen LogP contribution in [-0.4, -0.2) is 28.4 Å². The standard InChI is InChI=1S/C13H17N3O2/c14-8-2-1-7(5-8)13-15-12(16-18-13)10-6-9-3-4-11(10)17-9/h1-2,7-11H,3-6,14H2. The smallest absolute Gasteiger partial charge is 0.233 e. The van der Waals surface area contributed by atoms with E-state index in [0.717, 1.165) is 25.1 Å². The Morgan fingerprint density at radius 1 is 1.22 bits per heavy atom. The van der Waals surface area contributed by atoms with Crippen molar-refractivity contribution in [3.8, 4) is 0 Å². The van der Waals surface area contributed by atoms with Gasteiger partial charge >= 0.3 is 0 Å². The highest BCUT2D eigenvalue weighted by Gasteiger charge is 2.43. The monoisotopic (exact) mass is 247 g/mol. The van der Waals surface area contributed by atoms with Crippen LogP contribution < -0.4 is 5.73 Å². The van der Waals surface area contributed by atoms with Crippen molar-refractivity contribution in [2.75, 3.05) is 0 Å². The number of hydrogen-bond acceptors (Lipinski definition) is 5. The molecule has 96 valence electrons. The third-order valence-corrected chi connectivity index (χ3v) is 4.33. The lowest BCUT2D eigenvalue weighted by molar-refractivity contribution is 0.0996. The number of hydrogen-bond donors (Lipinski definition) is 1. The van der Waals surface area contributed by atoms with Gasteiger partial charge in [0.2, 0.25) is 5.89 Å². The molecule has 2 N–H and O–H groups in total. The Morgan fingerprint density at radius 2 is 2.17 bits per heavy atom. The van der Waals surface area contributed by atoms with Crippen molar-refractivity contribution in [3.05, 3.63) is 23.9 Å². The molecule has 3 aliphatic rings.